The summed E-state index contributed by atoms with van der Waals surface area (Å²) in [5.41, 5.74) is 2.32. The predicted molar refractivity (Wildman–Crippen MR) is 113 cm³/mol. The average Bonchev–Trinajstić information content (AvgIpc) is 3.06. The summed E-state index contributed by atoms with van der Waals surface area (Å²) in [6.07, 6.45) is 1.46. The van der Waals surface area contributed by atoms with Crippen molar-refractivity contribution in [1.82, 2.24) is 0 Å². The molecule has 0 bridgehead atoms. The van der Waals surface area contributed by atoms with Gasteiger partial charge in [-0.05, 0) is 17.7 Å². The lowest BCUT2D eigenvalue weighted by Crippen LogP contribution is -3.06. The maximum atomic E-state index is 12.8. The van der Waals surface area contributed by atoms with Crippen molar-refractivity contribution < 1.29 is 24.5 Å². The Bertz CT molecular complexity index is 1190. The Balaban J connectivity index is 1.61. The molecule has 1 unspecified atom stereocenters. The standard InChI is InChI=1S/C24H20N2O5/c1-25(14-16-6-3-2-4-7-16)15-20-21(27)11-10-19-23(28)22(31-24(19)20)13-17-8-5-9-18(12-17)26(29)30/h2-13,27H,14-15H2,1H3/b22-13-. The first-order chi connectivity index (χ1) is 14.9. The molecule has 1 heterocycles. The summed E-state index contributed by atoms with van der Waals surface area (Å²) < 4.78 is 5.81. The van der Waals surface area contributed by atoms with Crippen molar-refractivity contribution in [3.63, 3.8) is 0 Å². The molecule has 7 heteroatoms. The molecule has 7 nitrogen and oxygen atoms in total. The second-order valence-electron chi connectivity index (χ2n) is 7.51. The number of fused-ring (bicyclic) bond motifs is 1. The van der Waals surface area contributed by atoms with Crippen molar-refractivity contribution in [3.05, 3.63) is 105 Å². The summed E-state index contributed by atoms with van der Waals surface area (Å²) in [4.78, 5) is 24.4. The Hall–Kier alpha value is -3.97. The van der Waals surface area contributed by atoms with Crippen LogP contribution in [0, 0.1) is 10.1 Å². The van der Waals surface area contributed by atoms with Crippen molar-refractivity contribution in [2.24, 2.45) is 0 Å². The molecule has 3 aromatic rings. The number of ether oxygens (including phenoxy) is 1. The van der Waals surface area contributed by atoms with Gasteiger partial charge >= 0.3 is 0 Å². The topological polar surface area (TPSA) is 96.9 Å². The zero-order valence-corrected chi connectivity index (χ0v) is 16.8. The number of nitro benzene ring substituents is 1. The Morgan fingerprint density at radius 3 is 2.55 bits per heavy atom. The second-order valence-corrected chi connectivity index (χ2v) is 7.51. The fourth-order valence-corrected chi connectivity index (χ4v) is 3.64. The van der Waals surface area contributed by atoms with Gasteiger partial charge < -0.3 is 14.7 Å². The lowest BCUT2D eigenvalue weighted by molar-refractivity contribution is -0.907. The molecule has 0 amide bonds. The lowest BCUT2D eigenvalue weighted by atomic mass is 10.0. The van der Waals surface area contributed by atoms with Crippen LogP contribution in [-0.4, -0.2) is 17.8 Å². The Kier molecular flexibility index (Phi) is 5.51. The highest BCUT2D eigenvalue weighted by Crippen LogP contribution is 2.38. The predicted octanol–water partition coefficient (Wildman–Crippen LogP) is 2.50. The molecule has 0 aliphatic carbocycles. The molecule has 31 heavy (non-hydrogen) atoms. The number of quaternary nitrogens is 1. The molecule has 0 saturated heterocycles. The van der Waals surface area contributed by atoms with Crippen LogP contribution in [0.25, 0.3) is 6.08 Å². The smallest absolute Gasteiger partial charge is 0.270 e. The van der Waals surface area contributed by atoms with Gasteiger partial charge in [0.2, 0.25) is 5.78 Å². The third-order valence-corrected chi connectivity index (χ3v) is 5.10. The van der Waals surface area contributed by atoms with E-state index in [-0.39, 0.29) is 28.7 Å². The Morgan fingerprint density at radius 1 is 1.03 bits per heavy atom. The van der Waals surface area contributed by atoms with Crippen LogP contribution in [-0.2, 0) is 13.1 Å². The maximum Gasteiger partial charge on any atom is 0.270 e. The average molecular weight is 416 g/mol. The molecule has 0 aromatic heterocycles. The van der Waals surface area contributed by atoms with E-state index in [9.17, 15) is 20.0 Å². The molecule has 0 spiro atoms. The molecule has 4 rings (SSSR count). The largest absolute Gasteiger partial charge is 0.872 e. The summed E-state index contributed by atoms with van der Waals surface area (Å²) in [6, 6.07) is 18.7. The molecule has 1 aliphatic rings. The molecule has 0 radical (unpaired) electrons. The van der Waals surface area contributed by atoms with Crippen molar-refractivity contribution in [2.45, 2.75) is 13.1 Å². The van der Waals surface area contributed by atoms with Crippen LogP contribution in [0.5, 0.6) is 11.5 Å². The van der Waals surface area contributed by atoms with Crippen LogP contribution < -0.4 is 14.7 Å². The number of carbonyl (C=O) groups excluding carboxylic acids is 1. The van der Waals surface area contributed by atoms with Gasteiger partial charge in [0.05, 0.1) is 17.5 Å². The number of nitro groups is 1. The van der Waals surface area contributed by atoms with E-state index in [0.29, 0.717) is 29.8 Å². The molecular formula is C24H20N2O5. The quantitative estimate of drug-likeness (QED) is 0.378. The monoisotopic (exact) mass is 416 g/mol. The number of ketones is 1. The van der Waals surface area contributed by atoms with Gasteiger partial charge in [-0.2, -0.15) is 0 Å². The van der Waals surface area contributed by atoms with E-state index < -0.39 is 4.92 Å². The fourth-order valence-electron chi connectivity index (χ4n) is 3.64. The van der Waals surface area contributed by atoms with Crippen molar-refractivity contribution in [3.8, 4) is 11.5 Å². The zero-order chi connectivity index (χ0) is 22.0. The number of hydrogen-bond donors (Lipinski definition) is 1. The van der Waals surface area contributed by atoms with E-state index >= 15 is 0 Å². The molecule has 3 aromatic carbocycles. The molecule has 1 atom stereocenters. The highest BCUT2D eigenvalue weighted by molar-refractivity contribution is 6.15. The highest BCUT2D eigenvalue weighted by Gasteiger charge is 2.30. The third-order valence-electron chi connectivity index (χ3n) is 5.10. The summed E-state index contributed by atoms with van der Waals surface area (Å²) in [5.74, 6) is -0.205. The lowest BCUT2D eigenvalue weighted by Gasteiger charge is -2.20. The van der Waals surface area contributed by atoms with Crippen LogP contribution in [0.4, 0.5) is 5.69 Å². The van der Waals surface area contributed by atoms with E-state index in [0.717, 1.165) is 10.5 Å². The SMILES string of the molecule is C[NH+](Cc1ccccc1)Cc1c([O-])ccc2c1O/C(=C\c1cccc([N+](=O)[O-])c1)C2=O. The van der Waals surface area contributed by atoms with Crippen molar-refractivity contribution in [2.75, 3.05) is 7.05 Å². The fraction of sp³-hybridized carbons (Fsp3) is 0.125. The summed E-state index contributed by atoms with van der Waals surface area (Å²) >= 11 is 0. The number of nitrogens with one attached hydrogen (secondary N) is 1. The number of carbonyl (C=O) groups is 1. The van der Waals surface area contributed by atoms with Gasteiger partial charge in [0, 0.05) is 23.3 Å². The Labute approximate surface area is 179 Å². The van der Waals surface area contributed by atoms with E-state index in [2.05, 4.69) is 0 Å². The van der Waals surface area contributed by atoms with Crippen LogP contribution in [0.2, 0.25) is 0 Å². The van der Waals surface area contributed by atoms with Gasteiger partial charge in [-0.1, -0.05) is 54.3 Å². The van der Waals surface area contributed by atoms with Crippen LogP contribution in [0.1, 0.15) is 27.0 Å². The number of nitrogens with zero attached hydrogens (tertiary/aromatic N) is 1. The van der Waals surface area contributed by atoms with Crippen LogP contribution >= 0.6 is 0 Å². The van der Waals surface area contributed by atoms with E-state index in [1.807, 2.05) is 37.4 Å². The first-order valence-electron chi connectivity index (χ1n) is 9.79. The number of non-ortho nitro benzene ring substituents is 1. The normalized spacial score (nSPS) is 14.9. The zero-order valence-electron chi connectivity index (χ0n) is 16.8. The van der Waals surface area contributed by atoms with Gasteiger partial charge in [0.15, 0.2) is 5.76 Å². The van der Waals surface area contributed by atoms with Crippen molar-refractivity contribution in [1.29, 1.82) is 0 Å². The van der Waals surface area contributed by atoms with Gasteiger partial charge in [-0.3, -0.25) is 14.9 Å². The minimum Gasteiger partial charge on any atom is -0.872 e. The molecular weight excluding hydrogens is 396 g/mol. The molecule has 1 aliphatic heterocycles. The maximum absolute atomic E-state index is 12.8. The molecule has 0 saturated carbocycles. The van der Waals surface area contributed by atoms with E-state index in [4.69, 9.17) is 4.74 Å². The number of rotatable bonds is 6. The molecule has 156 valence electrons. The number of hydrogen-bond acceptors (Lipinski definition) is 5. The first-order valence-corrected chi connectivity index (χ1v) is 9.79. The summed E-state index contributed by atoms with van der Waals surface area (Å²) in [7, 11) is 1.97. The van der Waals surface area contributed by atoms with E-state index in [1.165, 1.54) is 30.3 Å². The minimum absolute atomic E-state index is 0.0445. The number of Topliss-reactive ketones (excluding diaryl/α,β-unsaturated/α-hetero) is 1. The number of benzene rings is 3. The van der Waals surface area contributed by atoms with Crippen LogP contribution in [0.3, 0.4) is 0 Å². The van der Waals surface area contributed by atoms with E-state index in [1.54, 1.807) is 12.1 Å². The molecule has 0 fully saturated rings. The van der Waals surface area contributed by atoms with Gasteiger partial charge in [0.25, 0.3) is 5.69 Å². The highest BCUT2D eigenvalue weighted by atomic mass is 16.6. The number of allylic oxidation sites excluding steroid dienone is 1. The van der Waals surface area contributed by atoms with Gasteiger partial charge in [-0.25, -0.2) is 0 Å². The van der Waals surface area contributed by atoms with Gasteiger partial charge in [0.1, 0.15) is 18.8 Å². The summed E-state index contributed by atoms with van der Waals surface area (Å²) in [6.45, 7) is 1.11. The third kappa shape index (κ3) is 4.31. The molecule has 1 N–H and O–H groups in total. The minimum atomic E-state index is -0.499. The summed E-state index contributed by atoms with van der Waals surface area (Å²) in [5, 5.41) is 23.6. The van der Waals surface area contributed by atoms with Crippen molar-refractivity contribution >= 4 is 17.5 Å². The second kappa shape index (κ2) is 8.41. The first kappa shape index (κ1) is 20.3. The Morgan fingerprint density at radius 2 is 1.81 bits per heavy atom. The van der Waals surface area contributed by atoms with Gasteiger partial charge in [-0.15, -0.1) is 0 Å². The van der Waals surface area contributed by atoms with Crippen LogP contribution in [0.15, 0.2) is 72.5 Å².